The van der Waals surface area contributed by atoms with Gasteiger partial charge in [-0.2, -0.15) is 0 Å². The van der Waals surface area contributed by atoms with Crippen LogP contribution in [0.3, 0.4) is 0 Å². The van der Waals surface area contributed by atoms with Gasteiger partial charge in [0.25, 0.3) is 0 Å². The fourth-order valence-electron chi connectivity index (χ4n) is 3.18. The fourth-order valence-corrected chi connectivity index (χ4v) is 4.98. The number of carbonyl (C=O) groups is 1. The Morgan fingerprint density at radius 3 is 2.67 bits per heavy atom. The number of thiophene rings is 1. The molecule has 4 rings (SSSR count). The van der Waals surface area contributed by atoms with E-state index in [1.54, 1.807) is 18.4 Å². The predicted molar refractivity (Wildman–Crippen MR) is 124 cm³/mol. The van der Waals surface area contributed by atoms with E-state index >= 15 is 0 Å². The molecule has 0 unspecified atom stereocenters. The number of nitrogens with zero attached hydrogens (tertiary/aromatic N) is 3. The van der Waals surface area contributed by atoms with Crippen LogP contribution in [0.15, 0.2) is 59.1 Å². The topological polar surface area (TPSA) is 69.0 Å². The first-order valence-electron chi connectivity index (χ1n) is 9.55. The quantitative estimate of drug-likeness (QED) is 0.387. The number of anilines is 1. The number of carbonyl (C=O) groups excluding carboxylic acids is 1. The van der Waals surface area contributed by atoms with Gasteiger partial charge in [-0.15, -0.1) is 21.5 Å². The molecule has 0 aliphatic carbocycles. The lowest BCUT2D eigenvalue weighted by Crippen LogP contribution is -2.15. The predicted octanol–water partition coefficient (Wildman–Crippen LogP) is 5.48. The van der Waals surface area contributed by atoms with Gasteiger partial charge in [0.2, 0.25) is 5.91 Å². The Kier molecular flexibility index (Phi) is 6.06. The highest BCUT2D eigenvalue weighted by Crippen LogP contribution is 2.35. The number of hydrogen-bond donors (Lipinski definition) is 1. The summed E-state index contributed by atoms with van der Waals surface area (Å²) in [4.78, 5) is 12.4. The first kappa shape index (κ1) is 20.4. The summed E-state index contributed by atoms with van der Waals surface area (Å²) in [5.41, 5.74) is 1.81. The number of nitrogens with one attached hydrogen (secondary N) is 1. The molecule has 2 heterocycles. The zero-order valence-electron chi connectivity index (χ0n) is 17.0. The molecule has 1 amide bonds. The minimum Gasteiger partial charge on any atom is -0.497 e. The van der Waals surface area contributed by atoms with Gasteiger partial charge >= 0.3 is 0 Å². The average molecular weight is 439 g/mol. The van der Waals surface area contributed by atoms with Crippen LogP contribution in [0, 0.1) is 0 Å². The number of hydrogen-bond acceptors (Lipinski definition) is 6. The molecule has 0 atom stereocenters. The Morgan fingerprint density at radius 2 is 1.93 bits per heavy atom. The molecule has 1 N–H and O–H groups in total. The molecule has 30 heavy (non-hydrogen) atoms. The van der Waals surface area contributed by atoms with Crippen molar-refractivity contribution in [3.05, 3.63) is 53.9 Å². The van der Waals surface area contributed by atoms with Gasteiger partial charge in [0.05, 0.1) is 12.9 Å². The van der Waals surface area contributed by atoms with E-state index in [1.807, 2.05) is 36.4 Å². The first-order valence-corrected chi connectivity index (χ1v) is 11.4. The molecule has 0 bridgehead atoms. The Balaban J connectivity index is 1.51. The summed E-state index contributed by atoms with van der Waals surface area (Å²) in [5, 5.41) is 15.8. The minimum absolute atomic E-state index is 0.0917. The maximum absolute atomic E-state index is 12.4. The third kappa shape index (κ3) is 4.20. The van der Waals surface area contributed by atoms with Crippen LogP contribution < -0.4 is 10.1 Å². The average Bonchev–Trinajstić information content (AvgIpc) is 3.36. The normalized spacial score (nSPS) is 11.2. The molecule has 2 aromatic heterocycles. The Morgan fingerprint density at radius 1 is 1.17 bits per heavy atom. The van der Waals surface area contributed by atoms with Gasteiger partial charge in [-0.05, 0) is 44.2 Å². The molecule has 0 spiro atoms. The van der Waals surface area contributed by atoms with Gasteiger partial charge in [-0.25, -0.2) is 0 Å². The van der Waals surface area contributed by atoms with Gasteiger partial charge in [-0.1, -0.05) is 30.0 Å². The minimum atomic E-state index is -0.0917. The Hall–Kier alpha value is -2.84. The highest BCUT2D eigenvalue weighted by Gasteiger charge is 2.20. The highest BCUT2D eigenvalue weighted by molar-refractivity contribution is 7.99. The molecule has 2 aromatic carbocycles. The second kappa shape index (κ2) is 8.89. The van der Waals surface area contributed by atoms with E-state index in [0.717, 1.165) is 28.0 Å². The van der Waals surface area contributed by atoms with Crippen LogP contribution in [0.5, 0.6) is 5.75 Å². The summed E-state index contributed by atoms with van der Waals surface area (Å²) >= 11 is 3.09. The van der Waals surface area contributed by atoms with Gasteiger partial charge < -0.3 is 10.1 Å². The van der Waals surface area contributed by atoms with E-state index in [1.165, 1.54) is 21.8 Å². The van der Waals surface area contributed by atoms with E-state index in [4.69, 9.17) is 4.74 Å². The van der Waals surface area contributed by atoms with Crippen LogP contribution in [0.4, 0.5) is 5.69 Å². The second-order valence-electron chi connectivity index (χ2n) is 6.98. The number of aromatic nitrogens is 3. The van der Waals surface area contributed by atoms with Gasteiger partial charge in [0, 0.05) is 32.8 Å². The number of methoxy groups -OCH3 is 1. The molecule has 154 valence electrons. The van der Waals surface area contributed by atoms with Crippen LogP contribution in [-0.4, -0.2) is 33.5 Å². The van der Waals surface area contributed by atoms with Crippen LogP contribution in [0.1, 0.15) is 19.9 Å². The SMILES string of the molecule is COc1ccc(NC(=O)CSc2nnc(-c3csc4ccccc34)n2C(C)C)cc1. The van der Waals surface area contributed by atoms with Crippen molar-refractivity contribution in [2.45, 2.75) is 25.0 Å². The fraction of sp³-hybridized carbons (Fsp3) is 0.227. The number of amides is 1. The highest BCUT2D eigenvalue weighted by atomic mass is 32.2. The van der Waals surface area contributed by atoms with Crippen molar-refractivity contribution in [1.29, 1.82) is 0 Å². The lowest BCUT2D eigenvalue weighted by atomic mass is 10.1. The molecular weight excluding hydrogens is 416 g/mol. The molecular formula is C22H22N4O2S2. The van der Waals surface area contributed by atoms with E-state index in [2.05, 4.69) is 51.4 Å². The van der Waals surface area contributed by atoms with Crippen molar-refractivity contribution in [2.24, 2.45) is 0 Å². The van der Waals surface area contributed by atoms with Crippen LogP contribution in [-0.2, 0) is 4.79 Å². The molecule has 0 radical (unpaired) electrons. The zero-order chi connectivity index (χ0) is 21.1. The zero-order valence-corrected chi connectivity index (χ0v) is 18.6. The summed E-state index contributed by atoms with van der Waals surface area (Å²) in [6, 6.07) is 15.7. The Labute approximate surface area is 183 Å². The van der Waals surface area contributed by atoms with Crippen molar-refractivity contribution < 1.29 is 9.53 Å². The van der Waals surface area contributed by atoms with Crippen molar-refractivity contribution in [3.8, 4) is 17.1 Å². The molecule has 0 saturated carbocycles. The number of ether oxygens (including phenoxy) is 1. The number of rotatable bonds is 7. The first-order chi connectivity index (χ1) is 14.6. The Bertz CT molecular complexity index is 1170. The van der Waals surface area contributed by atoms with Crippen LogP contribution in [0.2, 0.25) is 0 Å². The molecule has 0 saturated heterocycles. The number of benzene rings is 2. The summed E-state index contributed by atoms with van der Waals surface area (Å²) in [6.45, 7) is 4.20. The summed E-state index contributed by atoms with van der Waals surface area (Å²) < 4.78 is 8.46. The molecule has 0 aliphatic rings. The van der Waals surface area contributed by atoms with Crippen LogP contribution >= 0.6 is 23.1 Å². The molecule has 8 heteroatoms. The smallest absolute Gasteiger partial charge is 0.234 e. The lowest BCUT2D eigenvalue weighted by Gasteiger charge is -2.13. The second-order valence-corrected chi connectivity index (χ2v) is 8.83. The van der Waals surface area contributed by atoms with Crippen molar-refractivity contribution in [1.82, 2.24) is 14.8 Å². The van der Waals surface area contributed by atoms with Gasteiger partial charge in [0.15, 0.2) is 11.0 Å². The van der Waals surface area contributed by atoms with E-state index < -0.39 is 0 Å². The standard InChI is InChI=1S/C22H22N4O2S2/c1-14(2)26-21(18-12-29-19-7-5-4-6-17(18)19)24-25-22(26)30-13-20(27)23-15-8-10-16(28-3)11-9-15/h4-12,14H,13H2,1-3H3,(H,23,27). The van der Waals surface area contributed by atoms with E-state index in [0.29, 0.717) is 0 Å². The third-order valence-corrected chi connectivity index (χ3v) is 6.52. The maximum Gasteiger partial charge on any atom is 0.234 e. The third-order valence-electron chi connectivity index (χ3n) is 4.61. The lowest BCUT2D eigenvalue weighted by molar-refractivity contribution is -0.113. The summed E-state index contributed by atoms with van der Waals surface area (Å²) in [6.07, 6.45) is 0. The van der Waals surface area contributed by atoms with Crippen molar-refractivity contribution in [3.63, 3.8) is 0 Å². The summed E-state index contributed by atoms with van der Waals surface area (Å²) in [5.74, 6) is 1.74. The largest absolute Gasteiger partial charge is 0.497 e. The number of thioether (sulfide) groups is 1. The van der Waals surface area contributed by atoms with Crippen molar-refractivity contribution in [2.75, 3.05) is 18.2 Å². The van der Waals surface area contributed by atoms with E-state index in [9.17, 15) is 4.79 Å². The monoisotopic (exact) mass is 438 g/mol. The van der Waals surface area contributed by atoms with Crippen LogP contribution in [0.25, 0.3) is 21.5 Å². The molecule has 4 aromatic rings. The van der Waals surface area contributed by atoms with Gasteiger partial charge in [0.1, 0.15) is 5.75 Å². The maximum atomic E-state index is 12.4. The van der Waals surface area contributed by atoms with Crippen molar-refractivity contribution >= 4 is 44.8 Å². The number of fused-ring (bicyclic) bond motifs is 1. The molecule has 0 aliphatic heterocycles. The van der Waals surface area contributed by atoms with E-state index in [-0.39, 0.29) is 17.7 Å². The molecule has 6 nitrogen and oxygen atoms in total. The molecule has 0 fully saturated rings. The summed E-state index contributed by atoms with van der Waals surface area (Å²) in [7, 11) is 1.61. The van der Waals surface area contributed by atoms with Gasteiger partial charge in [-0.3, -0.25) is 9.36 Å².